The van der Waals surface area contributed by atoms with Crippen molar-refractivity contribution in [3.63, 3.8) is 0 Å². The third-order valence-electron chi connectivity index (χ3n) is 3.18. The molecule has 0 aliphatic rings. The molecule has 1 atom stereocenters. The Bertz CT molecular complexity index is 732. The highest BCUT2D eigenvalue weighted by molar-refractivity contribution is 6.29. The van der Waals surface area contributed by atoms with Gasteiger partial charge < -0.3 is 15.7 Å². The van der Waals surface area contributed by atoms with Gasteiger partial charge in [0.15, 0.2) is 0 Å². The minimum atomic E-state index is -0.410. The van der Waals surface area contributed by atoms with Gasteiger partial charge in [0.05, 0.1) is 17.3 Å². The summed E-state index contributed by atoms with van der Waals surface area (Å²) in [5.41, 5.74) is 1.32. The molecule has 1 aromatic carbocycles. The number of benzene rings is 1. The molecular formula is C16H16ClN3O3. The maximum atomic E-state index is 12.1. The van der Waals surface area contributed by atoms with Crippen LogP contribution in [0.5, 0.6) is 5.75 Å². The normalized spacial score (nSPS) is 11.6. The minimum Gasteiger partial charge on any atom is -0.506 e. The van der Waals surface area contributed by atoms with E-state index in [9.17, 15) is 14.7 Å². The van der Waals surface area contributed by atoms with Crippen molar-refractivity contribution in [2.45, 2.75) is 19.9 Å². The summed E-state index contributed by atoms with van der Waals surface area (Å²) in [4.78, 5) is 27.0. The first kappa shape index (κ1) is 16.8. The molecule has 2 rings (SSSR count). The van der Waals surface area contributed by atoms with Crippen molar-refractivity contribution >= 4 is 29.1 Å². The molecule has 23 heavy (non-hydrogen) atoms. The van der Waals surface area contributed by atoms with Gasteiger partial charge in [-0.15, -0.1) is 0 Å². The van der Waals surface area contributed by atoms with Crippen LogP contribution < -0.4 is 10.6 Å². The molecule has 0 aliphatic carbocycles. The molecule has 0 fully saturated rings. The lowest BCUT2D eigenvalue weighted by molar-refractivity contribution is -0.119. The molecule has 6 nitrogen and oxygen atoms in total. The molecule has 0 unspecified atom stereocenters. The van der Waals surface area contributed by atoms with Crippen molar-refractivity contribution < 1.29 is 14.7 Å². The van der Waals surface area contributed by atoms with Crippen molar-refractivity contribution in [3.05, 3.63) is 52.8 Å². The summed E-state index contributed by atoms with van der Waals surface area (Å²) in [5.74, 6) is -0.660. The molecule has 2 aromatic rings. The minimum absolute atomic E-state index is 0.0880. The van der Waals surface area contributed by atoms with Gasteiger partial charge >= 0.3 is 0 Å². The number of aromatic nitrogens is 1. The van der Waals surface area contributed by atoms with Gasteiger partial charge in [-0.2, -0.15) is 0 Å². The number of rotatable bonds is 4. The number of nitrogens with one attached hydrogen (secondary N) is 2. The van der Waals surface area contributed by atoms with E-state index in [1.165, 1.54) is 31.3 Å². The van der Waals surface area contributed by atoms with Crippen molar-refractivity contribution in [1.29, 1.82) is 0 Å². The van der Waals surface area contributed by atoms with Crippen LogP contribution in [0.3, 0.4) is 0 Å². The molecule has 0 bridgehead atoms. The highest BCUT2D eigenvalue weighted by Crippen LogP contribution is 2.27. The molecule has 0 radical (unpaired) electrons. The highest BCUT2D eigenvalue weighted by Gasteiger charge is 2.12. The van der Waals surface area contributed by atoms with Gasteiger partial charge in [0, 0.05) is 13.1 Å². The van der Waals surface area contributed by atoms with Gasteiger partial charge in [-0.25, -0.2) is 4.98 Å². The standard InChI is InChI=1S/C16H16ClN3O3/c1-9(19-10(2)21)11-3-5-13(14(22)7-11)20-16(23)12-4-6-15(17)18-8-12/h3-9,22H,1-2H3,(H,19,21)(H,20,23)/t9-/m0/s1. The van der Waals surface area contributed by atoms with Crippen LogP contribution in [0, 0.1) is 0 Å². The number of aromatic hydroxyl groups is 1. The van der Waals surface area contributed by atoms with E-state index >= 15 is 0 Å². The molecule has 1 heterocycles. The number of carbonyl (C=O) groups excluding carboxylic acids is 2. The fourth-order valence-electron chi connectivity index (χ4n) is 2.02. The number of phenols is 1. The molecule has 7 heteroatoms. The Balaban J connectivity index is 2.13. The fraction of sp³-hybridized carbons (Fsp3) is 0.188. The van der Waals surface area contributed by atoms with Crippen molar-refractivity contribution in [1.82, 2.24) is 10.3 Å². The first-order chi connectivity index (χ1) is 10.9. The topological polar surface area (TPSA) is 91.3 Å². The predicted octanol–water partition coefficient (Wildman–Crippen LogP) is 2.89. The molecule has 0 aliphatic heterocycles. The molecule has 3 N–H and O–H groups in total. The number of hydrogen-bond acceptors (Lipinski definition) is 4. The van der Waals surface area contributed by atoms with Crippen molar-refractivity contribution in [2.75, 3.05) is 5.32 Å². The molecule has 0 saturated heterocycles. The number of pyridine rings is 1. The maximum Gasteiger partial charge on any atom is 0.257 e. The maximum absolute atomic E-state index is 12.1. The number of nitrogens with zero attached hydrogens (tertiary/aromatic N) is 1. The number of halogens is 1. The average Bonchev–Trinajstić information content (AvgIpc) is 2.49. The molecule has 1 aromatic heterocycles. The van der Waals surface area contributed by atoms with E-state index in [1.54, 1.807) is 19.1 Å². The van der Waals surface area contributed by atoms with E-state index in [0.717, 1.165) is 5.56 Å². The third kappa shape index (κ3) is 4.43. The van der Waals surface area contributed by atoms with E-state index in [4.69, 9.17) is 11.6 Å². The van der Waals surface area contributed by atoms with Gasteiger partial charge in [0.25, 0.3) is 5.91 Å². The van der Waals surface area contributed by atoms with Crippen LogP contribution in [0.2, 0.25) is 5.15 Å². The van der Waals surface area contributed by atoms with Crippen LogP contribution in [0.25, 0.3) is 0 Å². The van der Waals surface area contributed by atoms with Crippen molar-refractivity contribution in [3.8, 4) is 5.75 Å². The Morgan fingerprint density at radius 3 is 2.57 bits per heavy atom. The Kier molecular flexibility index (Phi) is 5.18. The number of anilines is 1. The number of phenolic OH excluding ortho intramolecular Hbond substituents is 1. The van der Waals surface area contributed by atoms with Crippen LogP contribution in [-0.2, 0) is 4.79 Å². The third-order valence-corrected chi connectivity index (χ3v) is 3.40. The van der Waals surface area contributed by atoms with E-state index in [-0.39, 0.29) is 23.4 Å². The molecule has 2 amide bonds. The fourth-order valence-corrected chi connectivity index (χ4v) is 2.13. The van der Waals surface area contributed by atoms with E-state index in [1.807, 2.05) is 0 Å². The first-order valence-corrected chi connectivity index (χ1v) is 7.27. The first-order valence-electron chi connectivity index (χ1n) is 6.89. The van der Waals surface area contributed by atoms with Gasteiger partial charge in [-0.3, -0.25) is 9.59 Å². The smallest absolute Gasteiger partial charge is 0.257 e. The van der Waals surface area contributed by atoms with Crippen LogP contribution in [0.4, 0.5) is 5.69 Å². The van der Waals surface area contributed by atoms with Crippen molar-refractivity contribution in [2.24, 2.45) is 0 Å². The zero-order valence-electron chi connectivity index (χ0n) is 12.6. The number of hydrogen-bond donors (Lipinski definition) is 3. The number of amides is 2. The van der Waals surface area contributed by atoms with E-state index in [0.29, 0.717) is 10.7 Å². The summed E-state index contributed by atoms with van der Waals surface area (Å²) in [6, 6.07) is 7.59. The lowest BCUT2D eigenvalue weighted by atomic mass is 10.1. The Morgan fingerprint density at radius 1 is 1.26 bits per heavy atom. The monoisotopic (exact) mass is 333 g/mol. The summed E-state index contributed by atoms with van der Waals surface area (Å²) in [6.07, 6.45) is 1.35. The average molecular weight is 334 g/mol. The second kappa shape index (κ2) is 7.11. The lowest BCUT2D eigenvalue weighted by Gasteiger charge is -2.15. The number of carbonyl (C=O) groups is 2. The van der Waals surface area contributed by atoms with Gasteiger partial charge in [-0.1, -0.05) is 17.7 Å². The Morgan fingerprint density at radius 2 is 2.00 bits per heavy atom. The second-order valence-corrected chi connectivity index (χ2v) is 5.41. The Hall–Kier alpha value is -2.60. The summed E-state index contributed by atoms with van der Waals surface area (Å²) in [6.45, 7) is 3.22. The second-order valence-electron chi connectivity index (χ2n) is 5.02. The Labute approximate surface area is 138 Å². The summed E-state index contributed by atoms with van der Waals surface area (Å²) in [7, 11) is 0. The largest absolute Gasteiger partial charge is 0.506 e. The highest BCUT2D eigenvalue weighted by atomic mass is 35.5. The van der Waals surface area contributed by atoms with Gasteiger partial charge in [-0.05, 0) is 36.8 Å². The SMILES string of the molecule is CC(=O)N[C@@H](C)c1ccc(NC(=O)c2ccc(Cl)nc2)c(O)c1. The zero-order chi connectivity index (χ0) is 17.0. The molecular weight excluding hydrogens is 318 g/mol. The van der Waals surface area contributed by atoms with Gasteiger partial charge in [0.1, 0.15) is 10.9 Å². The van der Waals surface area contributed by atoms with E-state index in [2.05, 4.69) is 15.6 Å². The lowest BCUT2D eigenvalue weighted by Crippen LogP contribution is -2.23. The summed E-state index contributed by atoms with van der Waals surface area (Å²) < 4.78 is 0. The van der Waals surface area contributed by atoms with Crippen LogP contribution in [0.1, 0.15) is 35.8 Å². The molecule has 0 saturated carbocycles. The van der Waals surface area contributed by atoms with Crippen LogP contribution >= 0.6 is 11.6 Å². The van der Waals surface area contributed by atoms with Crippen LogP contribution in [0.15, 0.2) is 36.5 Å². The van der Waals surface area contributed by atoms with Crippen LogP contribution in [-0.4, -0.2) is 21.9 Å². The van der Waals surface area contributed by atoms with E-state index < -0.39 is 5.91 Å². The predicted molar refractivity (Wildman–Crippen MR) is 87.5 cm³/mol. The summed E-state index contributed by atoms with van der Waals surface area (Å²) in [5, 5.41) is 15.7. The molecule has 0 spiro atoms. The van der Waals surface area contributed by atoms with Gasteiger partial charge in [0.2, 0.25) is 5.91 Å². The zero-order valence-corrected chi connectivity index (χ0v) is 13.4. The quantitative estimate of drug-likeness (QED) is 0.592. The summed E-state index contributed by atoms with van der Waals surface area (Å²) >= 11 is 5.67. The molecule has 120 valence electrons.